The highest BCUT2D eigenvalue weighted by Gasteiger charge is 2.28. The summed E-state index contributed by atoms with van der Waals surface area (Å²) in [6, 6.07) is 13.3. The number of hydrogen-bond donors (Lipinski definition) is 2. The highest BCUT2D eigenvalue weighted by Crippen LogP contribution is 2.19. The molecule has 1 fully saturated rings. The molecule has 2 N–H and O–H groups in total. The third kappa shape index (κ3) is 5.77. The van der Waals surface area contributed by atoms with Gasteiger partial charge in [-0.2, -0.15) is 0 Å². The van der Waals surface area contributed by atoms with Crippen molar-refractivity contribution in [2.45, 2.75) is 38.0 Å². The Balaban J connectivity index is 1.53. The zero-order chi connectivity index (χ0) is 19.1. The molecule has 2 atom stereocenters. The van der Waals surface area contributed by atoms with Crippen molar-refractivity contribution in [1.29, 1.82) is 0 Å². The molecule has 6 heteroatoms. The first-order valence-corrected chi connectivity index (χ1v) is 9.12. The lowest BCUT2D eigenvalue weighted by Gasteiger charge is -2.32. The number of rotatable bonds is 7. The smallest absolute Gasteiger partial charge is 0.220 e. The van der Waals surface area contributed by atoms with Gasteiger partial charge < -0.3 is 19.9 Å². The third-order valence-electron chi connectivity index (χ3n) is 4.57. The van der Waals surface area contributed by atoms with Gasteiger partial charge in [-0.15, -0.1) is 0 Å². The van der Waals surface area contributed by atoms with Gasteiger partial charge in [-0.1, -0.05) is 24.3 Å². The molecule has 1 aliphatic rings. The normalized spacial score (nSPS) is 19.5. The number of ether oxygens (including phenoxy) is 2. The van der Waals surface area contributed by atoms with Crippen molar-refractivity contribution in [1.82, 2.24) is 5.32 Å². The van der Waals surface area contributed by atoms with Crippen molar-refractivity contribution in [2.75, 3.05) is 13.2 Å². The number of amides is 1. The quantitative estimate of drug-likeness (QED) is 0.783. The molecule has 1 aliphatic heterocycles. The third-order valence-corrected chi connectivity index (χ3v) is 4.57. The van der Waals surface area contributed by atoms with Crippen molar-refractivity contribution < 1.29 is 23.8 Å². The molecule has 5 nitrogen and oxygen atoms in total. The summed E-state index contributed by atoms with van der Waals surface area (Å²) in [6.07, 6.45) is 1.17. The molecule has 0 unspecified atom stereocenters. The number of carbonyl (C=O) groups excluding carboxylic acids is 1. The number of hydrogen-bond acceptors (Lipinski definition) is 4. The van der Waals surface area contributed by atoms with E-state index in [0.29, 0.717) is 38.2 Å². The molecular weight excluding hydrogens is 349 g/mol. The lowest BCUT2D eigenvalue weighted by molar-refractivity contribution is -0.123. The van der Waals surface area contributed by atoms with Crippen molar-refractivity contribution in [2.24, 2.45) is 0 Å². The Bertz CT molecular complexity index is 750. The summed E-state index contributed by atoms with van der Waals surface area (Å²) < 4.78 is 24.7. The SMILES string of the molecule is O=C(CCc1cccc(F)c1)N[C@@H]1CCOC[C@H]1Oc1ccc(CO)cc1. The van der Waals surface area contributed by atoms with Crippen LogP contribution >= 0.6 is 0 Å². The fourth-order valence-corrected chi connectivity index (χ4v) is 3.07. The van der Waals surface area contributed by atoms with Crippen LogP contribution in [0.3, 0.4) is 0 Å². The maximum absolute atomic E-state index is 13.2. The summed E-state index contributed by atoms with van der Waals surface area (Å²) in [7, 11) is 0. The number of benzene rings is 2. The predicted octanol–water partition coefficient (Wildman–Crippen LogP) is 2.60. The number of aryl methyl sites for hydroxylation is 1. The first kappa shape index (κ1) is 19.3. The van der Waals surface area contributed by atoms with Crippen LogP contribution in [0.15, 0.2) is 48.5 Å². The Morgan fingerprint density at radius 3 is 2.78 bits per heavy atom. The highest BCUT2D eigenvalue weighted by molar-refractivity contribution is 5.76. The van der Waals surface area contributed by atoms with Crippen LogP contribution in [-0.2, 0) is 22.6 Å². The highest BCUT2D eigenvalue weighted by atomic mass is 19.1. The minimum absolute atomic E-state index is 0.0170. The first-order chi connectivity index (χ1) is 13.1. The fraction of sp³-hybridized carbons (Fsp3) is 0.381. The number of carbonyl (C=O) groups is 1. The monoisotopic (exact) mass is 373 g/mol. The van der Waals surface area contributed by atoms with E-state index in [9.17, 15) is 9.18 Å². The largest absolute Gasteiger partial charge is 0.486 e. The van der Waals surface area contributed by atoms with Crippen molar-refractivity contribution in [3.05, 3.63) is 65.5 Å². The number of halogens is 1. The van der Waals surface area contributed by atoms with Crippen LogP contribution in [0.1, 0.15) is 24.0 Å². The molecule has 0 bridgehead atoms. The molecule has 1 heterocycles. The van der Waals surface area contributed by atoms with Crippen molar-refractivity contribution in [3.63, 3.8) is 0 Å². The van der Waals surface area contributed by atoms with Crippen molar-refractivity contribution >= 4 is 5.91 Å². The maximum atomic E-state index is 13.2. The van der Waals surface area contributed by atoms with Crippen LogP contribution in [0.2, 0.25) is 0 Å². The van der Waals surface area contributed by atoms with Crippen LogP contribution in [0.25, 0.3) is 0 Å². The molecule has 1 saturated heterocycles. The standard InChI is InChI=1S/C21H24FNO4/c22-17-3-1-2-15(12-17)6-9-21(25)23-19-10-11-26-14-20(19)27-18-7-4-16(13-24)5-8-18/h1-5,7-8,12,19-20,24H,6,9-11,13-14H2,(H,23,25)/t19-,20-/m1/s1. The van der Waals surface area contributed by atoms with E-state index < -0.39 is 0 Å². The lowest BCUT2D eigenvalue weighted by Crippen LogP contribution is -2.51. The lowest BCUT2D eigenvalue weighted by atomic mass is 10.0. The Labute approximate surface area is 158 Å². The van der Waals surface area contributed by atoms with E-state index in [1.54, 1.807) is 30.3 Å². The van der Waals surface area contributed by atoms with Crippen LogP contribution in [0, 0.1) is 5.82 Å². The molecule has 1 amide bonds. The van der Waals surface area contributed by atoms with Crippen LogP contribution < -0.4 is 10.1 Å². The van der Waals surface area contributed by atoms with E-state index in [4.69, 9.17) is 14.6 Å². The van der Waals surface area contributed by atoms with E-state index in [0.717, 1.165) is 11.1 Å². The second-order valence-corrected chi connectivity index (χ2v) is 6.63. The Kier molecular flexibility index (Phi) is 6.79. The molecule has 0 radical (unpaired) electrons. The van der Waals surface area contributed by atoms with Gasteiger partial charge in [-0.3, -0.25) is 4.79 Å². The molecule has 3 rings (SSSR count). The molecule has 0 aliphatic carbocycles. The molecule has 144 valence electrons. The number of aliphatic hydroxyl groups is 1. The van der Waals surface area contributed by atoms with Gasteiger partial charge in [-0.05, 0) is 48.2 Å². The zero-order valence-electron chi connectivity index (χ0n) is 15.1. The second kappa shape index (κ2) is 9.48. The Morgan fingerprint density at radius 1 is 1.22 bits per heavy atom. The second-order valence-electron chi connectivity index (χ2n) is 6.63. The van der Waals surface area contributed by atoms with Crippen molar-refractivity contribution in [3.8, 4) is 5.75 Å². The van der Waals surface area contributed by atoms with Gasteiger partial charge in [0.2, 0.25) is 5.91 Å². The molecule has 2 aromatic carbocycles. The van der Waals surface area contributed by atoms with Gasteiger partial charge in [0.15, 0.2) is 0 Å². The van der Waals surface area contributed by atoms with E-state index in [-0.39, 0.29) is 30.5 Å². The van der Waals surface area contributed by atoms with Gasteiger partial charge in [0.25, 0.3) is 0 Å². The van der Waals surface area contributed by atoms with E-state index in [1.807, 2.05) is 6.07 Å². The van der Waals surface area contributed by atoms with E-state index in [1.165, 1.54) is 12.1 Å². The predicted molar refractivity (Wildman–Crippen MR) is 98.9 cm³/mol. The molecule has 0 saturated carbocycles. The van der Waals surface area contributed by atoms with Gasteiger partial charge in [0.1, 0.15) is 17.7 Å². The summed E-state index contributed by atoms with van der Waals surface area (Å²) in [6.45, 7) is 0.950. The first-order valence-electron chi connectivity index (χ1n) is 9.12. The van der Waals surface area contributed by atoms with Crippen LogP contribution in [0.4, 0.5) is 4.39 Å². The van der Waals surface area contributed by atoms with Gasteiger partial charge in [-0.25, -0.2) is 4.39 Å². The summed E-state index contributed by atoms with van der Waals surface area (Å²) >= 11 is 0. The van der Waals surface area contributed by atoms with Crippen LogP contribution in [-0.4, -0.2) is 36.4 Å². The van der Waals surface area contributed by atoms with Gasteiger partial charge >= 0.3 is 0 Å². The van der Waals surface area contributed by atoms with Gasteiger partial charge in [0.05, 0.1) is 19.3 Å². The Hall–Kier alpha value is -2.44. The number of aliphatic hydroxyl groups excluding tert-OH is 1. The average Bonchev–Trinajstić information content (AvgIpc) is 2.69. The summed E-state index contributed by atoms with van der Waals surface area (Å²) in [5, 5.41) is 12.1. The van der Waals surface area contributed by atoms with E-state index in [2.05, 4.69) is 5.32 Å². The minimum Gasteiger partial charge on any atom is -0.486 e. The fourth-order valence-electron chi connectivity index (χ4n) is 3.07. The number of nitrogens with one attached hydrogen (secondary N) is 1. The average molecular weight is 373 g/mol. The summed E-state index contributed by atoms with van der Waals surface area (Å²) in [5.74, 6) is 0.287. The molecule has 2 aromatic rings. The Morgan fingerprint density at radius 2 is 2.04 bits per heavy atom. The maximum Gasteiger partial charge on any atom is 0.220 e. The molecule has 27 heavy (non-hydrogen) atoms. The van der Waals surface area contributed by atoms with Crippen LogP contribution in [0.5, 0.6) is 5.75 Å². The molecule has 0 spiro atoms. The zero-order valence-corrected chi connectivity index (χ0v) is 15.1. The van der Waals surface area contributed by atoms with Gasteiger partial charge in [0, 0.05) is 13.0 Å². The molecule has 0 aromatic heterocycles. The molecular formula is C21H24FNO4. The van der Waals surface area contributed by atoms with E-state index >= 15 is 0 Å². The summed E-state index contributed by atoms with van der Waals surface area (Å²) in [4.78, 5) is 12.3. The minimum atomic E-state index is -0.294. The summed E-state index contributed by atoms with van der Waals surface area (Å²) in [5.41, 5.74) is 1.61. The topological polar surface area (TPSA) is 67.8 Å².